The summed E-state index contributed by atoms with van der Waals surface area (Å²) >= 11 is 0. The molecule has 0 radical (unpaired) electrons. The van der Waals surface area contributed by atoms with Crippen molar-refractivity contribution in [3.8, 4) is 0 Å². The highest BCUT2D eigenvalue weighted by Crippen LogP contribution is 2.25. The van der Waals surface area contributed by atoms with Crippen LogP contribution in [0.1, 0.15) is 17.3 Å². The van der Waals surface area contributed by atoms with Crippen LogP contribution >= 0.6 is 0 Å². The number of anilines is 1. The number of hydrogen-bond donors (Lipinski definition) is 4. The molecule has 0 bridgehead atoms. The number of carbonyl (C=O) groups is 1. The van der Waals surface area contributed by atoms with Crippen LogP contribution in [0.25, 0.3) is 11.1 Å². The number of pyridine rings is 1. The van der Waals surface area contributed by atoms with Crippen molar-refractivity contribution in [3.63, 3.8) is 0 Å². The molecule has 0 aliphatic carbocycles. The van der Waals surface area contributed by atoms with Crippen molar-refractivity contribution in [2.45, 2.75) is 6.92 Å². The van der Waals surface area contributed by atoms with Gasteiger partial charge in [0.15, 0.2) is 5.58 Å². The highest BCUT2D eigenvalue weighted by atomic mass is 16.3. The van der Waals surface area contributed by atoms with Gasteiger partial charge in [0.1, 0.15) is 11.1 Å². The summed E-state index contributed by atoms with van der Waals surface area (Å²) in [6.45, 7) is 2.41. The average molecular weight is 259 g/mol. The number of carbonyl (C=O) groups excluding carboxylic acids is 1. The molecule has 0 saturated heterocycles. The zero-order chi connectivity index (χ0) is 13.4. The lowest BCUT2D eigenvalue weighted by molar-refractivity contribution is 0.0967. The number of furan rings is 1. The topological polar surface area (TPSA) is 105 Å². The number of aromatic nitrogens is 1. The first kappa shape index (κ1) is 11.5. The van der Waals surface area contributed by atoms with Crippen molar-refractivity contribution in [2.24, 2.45) is 0 Å². The van der Waals surface area contributed by atoms with Gasteiger partial charge >= 0.3 is 0 Å². The Kier molecular flexibility index (Phi) is 2.60. The lowest BCUT2D eigenvalue weighted by atomic mass is 10.2. The Morgan fingerprint density at radius 3 is 3.16 bits per heavy atom. The number of allylic oxidation sites excluding steroid dienone is 1. The number of hydrazine groups is 1. The van der Waals surface area contributed by atoms with E-state index < -0.39 is 0 Å². The minimum absolute atomic E-state index is 0.0726. The maximum absolute atomic E-state index is 12.3. The van der Waals surface area contributed by atoms with E-state index in [2.05, 4.69) is 21.2 Å². The summed E-state index contributed by atoms with van der Waals surface area (Å²) in [6, 6.07) is 3.45. The lowest BCUT2D eigenvalue weighted by Gasteiger charge is -2.04. The Labute approximate surface area is 108 Å². The molecular weight excluding hydrogens is 246 g/mol. The third kappa shape index (κ3) is 1.89. The summed E-state index contributed by atoms with van der Waals surface area (Å²) in [5.74, 6) is -0.252. The molecule has 0 unspecified atom stereocenters. The van der Waals surface area contributed by atoms with Crippen LogP contribution in [-0.4, -0.2) is 17.4 Å². The molecule has 7 nitrogen and oxygen atoms in total. The molecular formula is C12H13N5O2. The van der Waals surface area contributed by atoms with E-state index in [1.807, 2.05) is 6.92 Å². The number of nitrogens with one attached hydrogen (secondary N) is 3. The van der Waals surface area contributed by atoms with E-state index in [9.17, 15) is 4.79 Å². The van der Waals surface area contributed by atoms with Crippen LogP contribution in [0.5, 0.6) is 0 Å². The van der Waals surface area contributed by atoms with Crippen LogP contribution in [0.15, 0.2) is 34.1 Å². The number of fused-ring (bicyclic) bond motifs is 1. The van der Waals surface area contributed by atoms with Crippen molar-refractivity contribution < 1.29 is 9.21 Å². The van der Waals surface area contributed by atoms with Crippen LogP contribution < -0.4 is 21.9 Å². The van der Waals surface area contributed by atoms with Gasteiger partial charge in [-0.25, -0.2) is 5.43 Å². The molecule has 19 heavy (non-hydrogen) atoms. The SMILES string of the molecule is CC1=C(NC(=O)c2c(N)oc3cccnc23)CNN1. The first-order chi connectivity index (χ1) is 9.16. The van der Waals surface area contributed by atoms with E-state index in [4.69, 9.17) is 10.2 Å². The third-order valence-electron chi connectivity index (χ3n) is 2.96. The van der Waals surface area contributed by atoms with Gasteiger partial charge in [-0.05, 0) is 19.1 Å². The Morgan fingerprint density at radius 2 is 2.42 bits per heavy atom. The largest absolute Gasteiger partial charge is 0.438 e. The molecule has 3 heterocycles. The van der Waals surface area contributed by atoms with Gasteiger partial charge < -0.3 is 20.9 Å². The second-order valence-electron chi connectivity index (χ2n) is 4.23. The Morgan fingerprint density at radius 1 is 1.58 bits per heavy atom. The molecule has 0 aromatic carbocycles. The molecule has 0 spiro atoms. The summed E-state index contributed by atoms with van der Waals surface area (Å²) in [7, 11) is 0. The summed E-state index contributed by atoms with van der Waals surface area (Å²) in [5, 5.41) is 2.80. The number of rotatable bonds is 2. The van der Waals surface area contributed by atoms with E-state index >= 15 is 0 Å². The first-order valence-corrected chi connectivity index (χ1v) is 5.80. The highest BCUT2D eigenvalue weighted by molar-refractivity contribution is 6.09. The van der Waals surface area contributed by atoms with E-state index in [1.165, 1.54) is 0 Å². The quantitative estimate of drug-likeness (QED) is 0.625. The van der Waals surface area contributed by atoms with E-state index in [0.717, 1.165) is 11.4 Å². The summed E-state index contributed by atoms with van der Waals surface area (Å²) in [4.78, 5) is 16.4. The minimum Gasteiger partial charge on any atom is -0.438 e. The Balaban J connectivity index is 1.98. The average Bonchev–Trinajstić information content (AvgIpc) is 2.92. The van der Waals surface area contributed by atoms with Gasteiger partial charge in [-0.2, -0.15) is 0 Å². The van der Waals surface area contributed by atoms with Gasteiger partial charge in [-0.15, -0.1) is 0 Å². The van der Waals surface area contributed by atoms with Crippen LogP contribution in [0.2, 0.25) is 0 Å². The summed E-state index contributed by atoms with van der Waals surface area (Å²) < 4.78 is 5.32. The molecule has 1 aliphatic heterocycles. The van der Waals surface area contributed by atoms with Gasteiger partial charge in [0.05, 0.1) is 12.2 Å². The maximum Gasteiger partial charge on any atom is 0.263 e. The predicted octanol–water partition coefficient (Wildman–Crippen LogP) is 0.479. The fourth-order valence-electron chi connectivity index (χ4n) is 1.98. The fourth-order valence-corrected chi connectivity index (χ4v) is 1.98. The fraction of sp³-hybridized carbons (Fsp3) is 0.167. The molecule has 5 N–H and O–H groups in total. The van der Waals surface area contributed by atoms with Gasteiger partial charge in [0.2, 0.25) is 5.88 Å². The van der Waals surface area contributed by atoms with E-state index in [0.29, 0.717) is 17.6 Å². The second kappa shape index (κ2) is 4.29. The lowest BCUT2D eigenvalue weighted by Crippen LogP contribution is -2.27. The molecule has 98 valence electrons. The van der Waals surface area contributed by atoms with Gasteiger partial charge in [0.25, 0.3) is 5.91 Å². The molecule has 0 atom stereocenters. The molecule has 3 rings (SSSR count). The Hall–Kier alpha value is -2.54. The standard InChI is InChI=1S/C12H13N5O2/c1-6-7(5-15-17-6)16-12(18)9-10-8(19-11(9)13)3-2-4-14-10/h2-4,15,17H,5,13H2,1H3,(H,16,18). The Bertz CT molecular complexity index is 688. The number of nitrogen functional groups attached to an aromatic ring is 1. The monoisotopic (exact) mass is 259 g/mol. The molecule has 1 amide bonds. The van der Waals surface area contributed by atoms with Crippen molar-refractivity contribution in [2.75, 3.05) is 12.3 Å². The number of nitrogens with zero attached hydrogens (tertiary/aromatic N) is 1. The number of amides is 1. The molecule has 2 aromatic heterocycles. The second-order valence-corrected chi connectivity index (χ2v) is 4.23. The van der Waals surface area contributed by atoms with Crippen LogP contribution in [0.4, 0.5) is 5.88 Å². The third-order valence-corrected chi connectivity index (χ3v) is 2.96. The molecule has 7 heteroatoms. The summed E-state index contributed by atoms with van der Waals surface area (Å²) in [5.41, 5.74) is 14.5. The predicted molar refractivity (Wildman–Crippen MR) is 69.7 cm³/mol. The molecule has 2 aromatic rings. The smallest absolute Gasteiger partial charge is 0.263 e. The number of hydrogen-bond acceptors (Lipinski definition) is 6. The van der Waals surface area contributed by atoms with Gasteiger partial charge in [-0.1, -0.05) is 0 Å². The zero-order valence-corrected chi connectivity index (χ0v) is 10.3. The van der Waals surface area contributed by atoms with Gasteiger partial charge in [-0.3, -0.25) is 9.78 Å². The normalized spacial score (nSPS) is 14.8. The van der Waals surface area contributed by atoms with Crippen molar-refractivity contribution >= 4 is 22.9 Å². The summed E-state index contributed by atoms with van der Waals surface area (Å²) in [6.07, 6.45) is 1.59. The van der Waals surface area contributed by atoms with Crippen LogP contribution in [-0.2, 0) is 0 Å². The maximum atomic E-state index is 12.3. The number of nitrogens with two attached hydrogens (primary N) is 1. The van der Waals surface area contributed by atoms with E-state index in [-0.39, 0.29) is 17.4 Å². The minimum atomic E-state index is -0.324. The van der Waals surface area contributed by atoms with Gasteiger partial charge in [0, 0.05) is 11.9 Å². The molecule has 0 fully saturated rings. The van der Waals surface area contributed by atoms with Crippen molar-refractivity contribution in [3.05, 3.63) is 35.3 Å². The first-order valence-electron chi connectivity index (χ1n) is 5.80. The molecule has 0 saturated carbocycles. The van der Waals surface area contributed by atoms with Crippen LogP contribution in [0.3, 0.4) is 0 Å². The van der Waals surface area contributed by atoms with Crippen molar-refractivity contribution in [1.82, 2.24) is 21.2 Å². The van der Waals surface area contributed by atoms with Crippen LogP contribution in [0, 0.1) is 0 Å². The zero-order valence-electron chi connectivity index (χ0n) is 10.3. The molecule has 1 aliphatic rings. The highest BCUT2D eigenvalue weighted by Gasteiger charge is 2.22. The van der Waals surface area contributed by atoms with E-state index in [1.54, 1.807) is 18.3 Å². The van der Waals surface area contributed by atoms with Crippen molar-refractivity contribution in [1.29, 1.82) is 0 Å².